The second-order valence-corrected chi connectivity index (χ2v) is 2.78. The molecule has 0 aliphatic rings. The molecular formula is C7H17N3O. The van der Waals surface area contributed by atoms with E-state index in [1.165, 1.54) is 0 Å². The molecule has 0 aromatic heterocycles. The van der Waals surface area contributed by atoms with Gasteiger partial charge in [0.25, 0.3) is 5.91 Å². The lowest BCUT2D eigenvalue weighted by Crippen LogP contribution is -2.46. The third-order valence-electron chi connectivity index (χ3n) is 1.63. The van der Waals surface area contributed by atoms with Crippen LogP contribution in [0.3, 0.4) is 0 Å². The minimum atomic E-state index is -0.114. The third-order valence-corrected chi connectivity index (χ3v) is 1.63. The van der Waals surface area contributed by atoms with E-state index in [0.29, 0.717) is 0 Å². The highest BCUT2D eigenvalue weighted by Crippen LogP contribution is 2.01. The van der Waals surface area contributed by atoms with Gasteiger partial charge in [0.2, 0.25) is 0 Å². The van der Waals surface area contributed by atoms with Crippen LogP contribution in [0.15, 0.2) is 0 Å². The Morgan fingerprint density at radius 1 is 1.64 bits per heavy atom. The minimum absolute atomic E-state index is 0.0926. The number of carbonyl (C=O) groups is 1. The smallest absolute Gasteiger partial charge is 0.251 e. The molecule has 4 heteroatoms. The van der Waals surface area contributed by atoms with Gasteiger partial charge >= 0.3 is 0 Å². The van der Waals surface area contributed by atoms with Gasteiger partial charge < -0.3 is 0 Å². The fraction of sp³-hybridized carbons (Fsp3) is 0.857. The predicted octanol–water partition coefficient (Wildman–Crippen LogP) is -0.293. The number of likely N-dealkylation sites (N-methyl/N-ethyl adjacent to an activating group) is 1. The number of carbonyl (C=O) groups excluding carboxylic acids is 1. The molecule has 0 rings (SSSR count). The molecule has 1 atom stereocenters. The average Bonchev–Trinajstić information content (AvgIpc) is 1.98. The zero-order valence-electron chi connectivity index (χ0n) is 7.42. The lowest BCUT2D eigenvalue weighted by atomic mass is 10.1. The van der Waals surface area contributed by atoms with E-state index in [1.807, 2.05) is 25.9 Å². The first-order chi connectivity index (χ1) is 5.13. The Morgan fingerprint density at radius 2 is 2.18 bits per heavy atom. The Kier molecular flexibility index (Phi) is 4.81. The lowest BCUT2D eigenvalue weighted by molar-refractivity contribution is -0.125. The quantitative estimate of drug-likeness (QED) is 0.336. The number of nitrogens with zero attached hydrogens (tertiary/aromatic N) is 1. The molecule has 4 nitrogen and oxygen atoms in total. The van der Waals surface area contributed by atoms with Crippen molar-refractivity contribution in [2.75, 3.05) is 14.1 Å². The van der Waals surface area contributed by atoms with Crippen molar-refractivity contribution in [3.05, 3.63) is 0 Å². The van der Waals surface area contributed by atoms with Crippen LogP contribution >= 0.6 is 0 Å². The van der Waals surface area contributed by atoms with E-state index in [9.17, 15) is 4.79 Å². The summed E-state index contributed by atoms with van der Waals surface area (Å²) in [6, 6.07) is -0.0926. The summed E-state index contributed by atoms with van der Waals surface area (Å²) in [6.45, 7) is 2.04. The van der Waals surface area contributed by atoms with Crippen LogP contribution in [0.1, 0.15) is 19.8 Å². The van der Waals surface area contributed by atoms with Gasteiger partial charge in [0.1, 0.15) is 0 Å². The Balaban J connectivity index is 3.98. The normalized spacial score (nSPS) is 13.2. The van der Waals surface area contributed by atoms with Gasteiger partial charge in [0, 0.05) is 0 Å². The monoisotopic (exact) mass is 159 g/mol. The number of hydrazine groups is 1. The molecule has 3 N–H and O–H groups in total. The van der Waals surface area contributed by atoms with Gasteiger partial charge in [-0.2, -0.15) is 0 Å². The maximum Gasteiger partial charge on any atom is 0.251 e. The number of rotatable bonds is 4. The fourth-order valence-corrected chi connectivity index (χ4v) is 0.993. The Hall–Kier alpha value is -0.610. The van der Waals surface area contributed by atoms with Crippen LogP contribution in [0, 0.1) is 0 Å². The number of nitrogens with two attached hydrogens (primary N) is 1. The number of hydrogen-bond donors (Lipinski definition) is 2. The molecule has 0 aromatic carbocycles. The second kappa shape index (κ2) is 5.09. The molecule has 66 valence electrons. The van der Waals surface area contributed by atoms with Crippen LogP contribution < -0.4 is 11.3 Å². The van der Waals surface area contributed by atoms with Crippen molar-refractivity contribution in [1.82, 2.24) is 10.3 Å². The SMILES string of the molecule is CCC[C@@H](C(=O)NN)N(C)C. The Labute approximate surface area is 67.7 Å². The molecule has 0 saturated carbocycles. The Bertz CT molecular complexity index is 125. The van der Waals surface area contributed by atoms with Crippen LogP contribution in [0.5, 0.6) is 0 Å². The highest BCUT2D eigenvalue weighted by Gasteiger charge is 2.17. The molecule has 11 heavy (non-hydrogen) atoms. The summed E-state index contributed by atoms with van der Waals surface area (Å²) in [4.78, 5) is 12.9. The molecule has 0 aliphatic carbocycles. The molecule has 0 unspecified atom stereocenters. The summed E-state index contributed by atoms with van der Waals surface area (Å²) >= 11 is 0. The molecule has 0 heterocycles. The van der Waals surface area contributed by atoms with Crippen molar-refractivity contribution in [3.8, 4) is 0 Å². The molecule has 0 fully saturated rings. The highest BCUT2D eigenvalue weighted by molar-refractivity contribution is 5.80. The van der Waals surface area contributed by atoms with E-state index in [2.05, 4.69) is 5.43 Å². The first-order valence-electron chi connectivity index (χ1n) is 3.80. The average molecular weight is 159 g/mol. The molecule has 0 radical (unpaired) electrons. The topological polar surface area (TPSA) is 58.4 Å². The van der Waals surface area contributed by atoms with Crippen molar-refractivity contribution in [2.24, 2.45) is 5.84 Å². The number of amides is 1. The van der Waals surface area contributed by atoms with Gasteiger partial charge in [0.05, 0.1) is 6.04 Å². The molecule has 0 saturated heterocycles. The molecule has 1 amide bonds. The summed E-state index contributed by atoms with van der Waals surface area (Å²) in [5.41, 5.74) is 2.15. The number of nitrogens with one attached hydrogen (secondary N) is 1. The van der Waals surface area contributed by atoms with Gasteiger partial charge in [-0.3, -0.25) is 15.1 Å². The van der Waals surface area contributed by atoms with Crippen molar-refractivity contribution in [1.29, 1.82) is 0 Å². The van der Waals surface area contributed by atoms with E-state index >= 15 is 0 Å². The maximum absolute atomic E-state index is 11.1. The van der Waals surface area contributed by atoms with E-state index in [-0.39, 0.29) is 11.9 Å². The summed E-state index contributed by atoms with van der Waals surface area (Å²) in [5.74, 6) is 4.90. The van der Waals surface area contributed by atoms with Crippen LogP contribution in [0.2, 0.25) is 0 Å². The maximum atomic E-state index is 11.1. The van der Waals surface area contributed by atoms with E-state index in [1.54, 1.807) is 0 Å². The van der Waals surface area contributed by atoms with Crippen LogP contribution in [-0.4, -0.2) is 30.9 Å². The number of hydrogen-bond acceptors (Lipinski definition) is 3. The fourth-order valence-electron chi connectivity index (χ4n) is 0.993. The first-order valence-corrected chi connectivity index (χ1v) is 3.80. The van der Waals surface area contributed by atoms with Crippen molar-refractivity contribution >= 4 is 5.91 Å². The van der Waals surface area contributed by atoms with Crippen LogP contribution in [-0.2, 0) is 4.79 Å². The predicted molar refractivity (Wildman–Crippen MR) is 44.7 cm³/mol. The van der Waals surface area contributed by atoms with Gasteiger partial charge in [-0.25, -0.2) is 5.84 Å². The molecular weight excluding hydrogens is 142 g/mol. The van der Waals surface area contributed by atoms with E-state index in [0.717, 1.165) is 12.8 Å². The summed E-state index contributed by atoms with van der Waals surface area (Å²) in [7, 11) is 3.74. The first kappa shape index (κ1) is 10.4. The van der Waals surface area contributed by atoms with Gasteiger partial charge in [0.15, 0.2) is 0 Å². The highest BCUT2D eigenvalue weighted by atomic mass is 16.2. The summed E-state index contributed by atoms with van der Waals surface area (Å²) in [5, 5.41) is 0. The van der Waals surface area contributed by atoms with E-state index in [4.69, 9.17) is 5.84 Å². The summed E-state index contributed by atoms with van der Waals surface area (Å²) < 4.78 is 0. The largest absolute Gasteiger partial charge is 0.298 e. The summed E-state index contributed by atoms with van der Waals surface area (Å²) in [6.07, 6.45) is 1.83. The Morgan fingerprint density at radius 3 is 2.45 bits per heavy atom. The van der Waals surface area contributed by atoms with Crippen molar-refractivity contribution < 1.29 is 4.79 Å². The second-order valence-electron chi connectivity index (χ2n) is 2.78. The van der Waals surface area contributed by atoms with E-state index < -0.39 is 0 Å². The van der Waals surface area contributed by atoms with Gasteiger partial charge in [-0.15, -0.1) is 0 Å². The zero-order valence-corrected chi connectivity index (χ0v) is 7.42. The van der Waals surface area contributed by atoms with Gasteiger partial charge in [-0.05, 0) is 20.5 Å². The van der Waals surface area contributed by atoms with Gasteiger partial charge in [-0.1, -0.05) is 13.3 Å². The van der Waals surface area contributed by atoms with Crippen molar-refractivity contribution in [2.45, 2.75) is 25.8 Å². The standard InChI is InChI=1S/C7H17N3O/c1-4-5-6(10(2)3)7(11)9-8/h6H,4-5,8H2,1-3H3,(H,9,11)/t6-/m0/s1. The minimum Gasteiger partial charge on any atom is -0.298 e. The van der Waals surface area contributed by atoms with Crippen LogP contribution in [0.4, 0.5) is 0 Å². The van der Waals surface area contributed by atoms with Crippen molar-refractivity contribution in [3.63, 3.8) is 0 Å². The molecule has 0 spiro atoms. The molecule has 0 aromatic rings. The third kappa shape index (κ3) is 3.34. The molecule has 0 bridgehead atoms. The molecule has 0 aliphatic heterocycles. The zero-order chi connectivity index (χ0) is 8.85. The van der Waals surface area contributed by atoms with Crippen LogP contribution in [0.25, 0.3) is 0 Å². The lowest BCUT2D eigenvalue weighted by Gasteiger charge is -2.21.